The van der Waals surface area contributed by atoms with E-state index in [-0.39, 0.29) is 5.11 Å². The average Bonchev–Trinajstić information content (AvgIpc) is 2.50. The van der Waals surface area contributed by atoms with Crippen molar-refractivity contribution in [1.29, 1.82) is 0 Å². The Morgan fingerprint density at radius 2 is 1.85 bits per heavy atom. The number of hydrogen-bond acceptors (Lipinski definition) is 1. The van der Waals surface area contributed by atoms with Gasteiger partial charge in [0.05, 0.1) is 0 Å². The first kappa shape index (κ1) is 10.6. The number of hydrogen-bond donors (Lipinski definition) is 1. The van der Waals surface area contributed by atoms with Gasteiger partial charge in [0, 0.05) is 13.1 Å². The Labute approximate surface area is 80.1 Å². The van der Waals surface area contributed by atoms with Crippen molar-refractivity contribution in [2.45, 2.75) is 19.0 Å². The number of nitrogens with one attached hydrogen (secondary N) is 1. The Balaban J connectivity index is 2.25. The first-order valence-electron chi connectivity index (χ1n) is 4.08. The average molecular weight is 212 g/mol. The Kier molecular flexibility index (Phi) is 3.35. The van der Waals surface area contributed by atoms with Gasteiger partial charge in [0.15, 0.2) is 5.11 Å². The molecular formula is C7H11F3N2S. The third-order valence-corrected chi connectivity index (χ3v) is 2.24. The van der Waals surface area contributed by atoms with Crippen molar-refractivity contribution in [1.82, 2.24) is 10.2 Å². The molecule has 1 heterocycles. The zero-order chi connectivity index (χ0) is 9.90. The summed E-state index contributed by atoms with van der Waals surface area (Å²) in [7, 11) is 0. The monoisotopic (exact) mass is 212 g/mol. The van der Waals surface area contributed by atoms with E-state index in [0.29, 0.717) is 0 Å². The van der Waals surface area contributed by atoms with Crippen LogP contribution in [0.2, 0.25) is 0 Å². The highest BCUT2D eigenvalue weighted by Crippen LogP contribution is 2.13. The van der Waals surface area contributed by atoms with Gasteiger partial charge in [0.1, 0.15) is 6.54 Å². The van der Waals surface area contributed by atoms with Gasteiger partial charge in [-0.15, -0.1) is 0 Å². The van der Waals surface area contributed by atoms with E-state index in [2.05, 4.69) is 5.32 Å². The van der Waals surface area contributed by atoms with Gasteiger partial charge in [0.2, 0.25) is 0 Å². The minimum atomic E-state index is -4.19. The van der Waals surface area contributed by atoms with E-state index in [1.54, 1.807) is 4.90 Å². The van der Waals surface area contributed by atoms with Gasteiger partial charge in [-0.2, -0.15) is 13.2 Å². The summed E-state index contributed by atoms with van der Waals surface area (Å²) in [4.78, 5) is 1.76. The largest absolute Gasteiger partial charge is 0.405 e. The molecule has 1 saturated heterocycles. The smallest absolute Gasteiger partial charge is 0.354 e. The molecular weight excluding hydrogens is 201 g/mol. The van der Waals surface area contributed by atoms with E-state index < -0.39 is 12.7 Å². The van der Waals surface area contributed by atoms with Crippen molar-refractivity contribution in [2.24, 2.45) is 0 Å². The van der Waals surface area contributed by atoms with E-state index >= 15 is 0 Å². The Morgan fingerprint density at radius 3 is 2.31 bits per heavy atom. The van der Waals surface area contributed by atoms with E-state index in [0.717, 1.165) is 25.9 Å². The van der Waals surface area contributed by atoms with Crippen LogP contribution < -0.4 is 5.32 Å². The topological polar surface area (TPSA) is 15.3 Å². The normalized spacial score (nSPS) is 17.6. The van der Waals surface area contributed by atoms with Gasteiger partial charge in [-0.05, 0) is 25.1 Å². The number of likely N-dealkylation sites (tertiary alicyclic amines) is 1. The van der Waals surface area contributed by atoms with Gasteiger partial charge in [-0.1, -0.05) is 0 Å². The van der Waals surface area contributed by atoms with Crippen molar-refractivity contribution in [3.8, 4) is 0 Å². The molecule has 0 aromatic carbocycles. The molecule has 1 N–H and O–H groups in total. The van der Waals surface area contributed by atoms with E-state index in [1.807, 2.05) is 0 Å². The number of rotatable bonds is 1. The molecule has 0 amide bonds. The van der Waals surface area contributed by atoms with Crippen LogP contribution in [-0.4, -0.2) is 35.8 Å². The van der Waals surface area contributed by atoms with Crippen molar-refractivity contribution >= 4 is 17.3 Å². The molecule has 1 aliphatic heterocycles. The lowest BCUT2D eigenvalue weighted by Gasteiger charge is -2.20. The molecule has 0 unspecified atom stereocenters. The van der Waals surface area contributed by atoms with Crippen LogP contribution in [0.3, 0.4) is 0 Å². The lowest BCUT2D eigenvalue weighted by molar-refractivity contribution is -0.122. The molecule has 13 heavy (non-hydrogen) atoms. The highest BCUT2D eigenvalue weighted by atomic mass is 32.1. The molecule has 0 radical (unpaired) electrons. The molecule has 76 valence electrons. The fraction of sp³-hybridized carbons (Fsp3) is 0.857. The predicted molar refractivity (Wildman–Crippen MR) is 47.5 cm³/mol. The number of thiocarbonyl (C=S) groups is 1. The minimum absolute atomic E-state index is 0.217. The van der Waals surface area contributed by atoms with Crippen molar-refractivity contribution in [2.75, 3.05) is 19.6 Å². The Morgan fingerprint density at radius 1 is 1.31 bits per heavy atom. The summed E-state index contributed by atoms with van der Waals surface area (Å²) in [6.45, 7) is 0.496. The zero-order valence-electron chi connectivity index (χ0n) is 7.02. The van der Waals surface area contributed by atoms with E-state index in [9.17, 15) is 13.2 Å². The summed E-state index contributed by atoms with van der Waals surface area (Å²) in [5.74, 6) is 0. The lowest BCUT2D eigenvalue weighted by Crippen LogP contribution is -2.42. The molecule has 0 aromatic rings. The maximum atomic E-state index is 11.8. The molecule has 1 fully saturated rings. The molecule has 0 atom stereocenters. The van der Waals surface area contributed by atoms with Gasteiger partial charge in [0.25, 0.3) is 0 Å². The van der Waals surface area contributed by atoms with Gasteiger partial charge in [-0.3, -0.25) is 0 Å². The maximum absolute atomic E-state index is 11.8. The minimum Gasteiger partial charge on any atom is -0.354 e. The highest BCUT2D eigenvalue weighted by Gasteiger charge is 2.28. The first-order valence-corrected chi connectivity index (χ1v) is 4.49. The summed E-state index contributed by atoms with van der Waals surface area (Å²) in [6, 6.07) is 0. The molecule has 0 aliphatic carbocycles. The molecule has 6 heteroatoms. The summed E-state index contributed by atoms with van der Waals surface area (Å²) in [5, 5.41) is 2.41. The van der Waals surface area contributed by atoms with Crippen LogP contribution in [0, 0.1) is 0 Å². The van der Waals surface area contributed by atoms with Gasteiger partial charge in [-0.25, -0.2) is 0 Å². The number of nitrogens with zero attached hydrogens (tertiary/aromatic N) is 1. The maximum Gasteiger partial charge on any atom is 0.405 e. The van der Waals surface area contributed by atoms with Crippen LogP contribution in [0.4, 0.5) is 13.2 Å². The second-order valence-electron chi connectivity index (χ2n) is 2.97. The van der Waals surface area contributed by atoms with Gasteiger partial charge >= 0.3 is 6.18 Å². The summed E-state index contributed by atoms with van der Waals surface area (Å²) < 4.78 is 35.3. The standard InChI is InChI=1S/C7H11F3N2S/c8-7(9,10)5-11-6(13)12-3-1-2-4-12/h1-5H2,(H,11,13). The van der Waals surface area contributed by atoms with Crippen molar-refractivity contribution in [3.63, 3.8) is 0 Å². The SMILES string of the molecule is FC(F)(F)CNC(=S)N1CCCC1. The third-order valence-electron chi connectivity index (χ3n) is 1.83. The van der Waals surface area contributed by atoms with E-state index in [1.165, 1.54) is 0 Å². The van der Waals surface area contributed by atoms with Crippen molar-refractivity contribution in [3.05, 3.63) is 0 Å². The quantitative estimate of drug-likeness (QED) is 0.663. The van der Waals surface area contributed by atoms with E-state index in [4.69, 9.17) is 12.2 Å². The molecule has 0 aromatic heterocycles. The summed E-state index contributed by atoms with van der Waals surface area (Å²) in [5.41, 5.74) is 0. The van der Waals surface area contributed by atoms with Crippen LogP contribution in [-0.2, 0) is 0 Å². The van der Waals surface area contributed by atoms with Crippen LogP contribution in [0.15, 0.2) is 0 Å². The van der Waals surface area contributed by atoms with Crippen LogP contribution in [0.1, 0.15) is 12.8 Å². The van der Waals surface area contributed by atoms with Crippen LogP contribution >= 0.6 is 12.2 Å². The predicted octanol–water partition coefficient (Wildman–Crippen LogP) is 1.52. The molecule has 1 rings (SSSR count). The van der Waals surface area contributed by atoms with Gasteiger partial charge < -0.3 is 10.2 Å². The summed E-state index contributed by atoms with van der Waals surface area (Å²) in [6.07, 6.45) is -2.18. The Bertz CT molecular complexity index is 187. The second-order valence-corrected chi connectivity index (χ2v) is 3.35. The molecule has 1 aliphatic rings. The van der Waals surface area contributed by atoms with Crippen LogP contribution in [0.5, 0.6) is 0 Å². The third kappa shape index (κ3) is 3.80. The van der Waals surface area contributed by atoms with Crippen molar-refractivity contribution < 1.29 is 13.2 Å². The molecule has 0 bridgehead atoms. The summed E-state index contributed by atoms with van der Waals surface area (Å²) >= 11 is 4.80. The number of alkyl halides is 3. The Hall–Kier alpha value is -0.520. The zero-order valence-corrected chi connectivity index (χ0v) is 7.84. The molecule has 0 saturated carbocycles. The fourth-order valence-corrected chi connectivity index (χ4v) is 1.46. The number of halogens is 3. The molecule has 2 nitrogen and oxygen atoms in total. The highest BCUT2D eigenvalue weighted by molar-refractivity contribution is 7.80. The fourth-order valence-electron chi connectivity index (χ4n) is 1.21. The lowest BCUT2D eigenvalue weighted by atomic mass is 10.4. The van der Waals surface area contributed by atoms with Crippen LogP contribution in [0.25, 0.3) is 0 Å². The molecule has 0 spiro atoms. The first-order chi connectivity index (χ1) is 5.99. The second kappa shape index (κ2) is 4.13.